The molecule has 3 aromatic rings. The van der Waals surface area contributed by atoms with Gasteiger partial charge in [-0.05, 0) is 59.5 Å². The van der Waals surface area contributed by atoms with Crippen molar-refractivity contribution in [2.24, 2.45) is 0 Å². The monoisotopic (exact) mass is 433 g/mol. The van der Waals surface area contributed by atoms with Gasteiger partial charge in [-0.2, -0.15) is 21.9 Å². The summed E-state index contributed by atoms with van der Waals surface area (Å²) in [5.41, 5.74) is 10.7. The molecule has 0 aliphatic carbocycles. The van der Waals surface area contributed by atoms with Crippen LogP contribution in [-0.2, 0) is 4.79 Å². The highest BCUT2D eigenvalue weighted by atomic mass is 32.2. The van der Waals surface area contributed by atoms with Gasteiger partial charge in [0.2, 0.25) is 5.91 Å². The summed E-state index contributed by atoms with van der Waals surface area (Å²) in [6.07, 6.45) is 0.248. The van der Waals surface area contributed by atoms with Crippen molar-refractivity contribution in [2.75, 3.05) is 16.8 Å². The van der Waals surface area contributed by atoms with Crippen molar-refractivity contribution in [1.82, 2.24) is 4.98 Å². The highest BCUT2D eigenvalue weighted by molar-refractivity contribution is 7.99. The lowest BCUT2D eigenvalue weighted by Crippen LogP contribution is -2.12. The number of thiophene rings is 1. The number of hydrogen-bond acceptors (Lipinski definition) is 7. The number of aryl methyl sites for hydroxylation is 2. The van der Waals surface area contributed by atoms with Crippen molar-refractivity contribution < 1.29 is 4.79 Å². The van der Waals surface area contributed by atoms with E-state index in [2.05, 4.69) is 22.4 Å². The molecule has 0 atom stereocenters. The molecule has 0 spiro atoms. The number of aromatic nitrogens is 1. The van der Waals surface area contributed by atoms with Gasteiger partial charge in [0.25, 0.3) is 0 Å². The molecule has 8 heteroatoms. The van der Waals surface area contributed by atoms with Crippen LogP contribution in [0.3, 0.4) is 0 Å². The summed E-state index contributed by atoms with van der Waals surface area (Å²) in [4.78, 5) is 16.6. The van der Waals surface area contributed by atoms with Gasteiger partial charge >= 0.3 is 0 Å². The van der Waals surface area contributed by atoms with Gasteiger partial charge < -0.3 is 11.1 Å². The Morgan fingerprint density at radius 3 is 2.50 bits per heavy atom. The predicted octanol–water partition coefficient (Wildman–Crippen LogP) is 4.87. The molecule has 0 unspecified atom stereocenters. The fraction of sp³-hybridized carbons (Fsp3) is 0.182. The number of rotatable bonds is 6. The molecule has 0 saturated heterocycles. The number of amides is 1. The standard InChI is InChI=1S/C22H19N5OS2/c1-13-7-14(2)9-16(8-13)26-19(28)4-6-30-22-18(11-24)20(15-3-5-29-12-15)17(10-23)21(25)27-22/h3,5,7-9,12H,4,6H2,1-2H3,(H2,25,27)(H,26,28). The largest absolute Gasteiger partial charge is 0.383 e. The van der Waals surface area contributed by atoms with Gasteiger partial charge in [0.05, 0.1) is 5.56 Å². The lowest BCUT2D eigenvalue weighted by molar-refractivity contribution is -0.115. The van der Waals surface area contributed by atoms with Gasteiger partial charge in [-0.1, -0.05) is 6.07 Å². The topological polar surface area (TPSA) is 116 Å². The van der Waals surface area contributed by atoms with E-state index in [-0.39, 0.29) is 23.7 Å². The summed E-state index contributed by atoms with van der Waals surface area (Å²) in [5, 5.41) is 26.3. The van der Waals surface area contributed by atoms with Crippen LogP contribution in [0.4, 0.5) is 11.5 Å². The average Bonchev–Trinajstić information content (AvgIpc) is 3.21. The number of thioether (sulfide) groups is 1. The lowest BCUT2D eigenvalue weighted by atomic mass is 9.99. The van der Waals surface area contributed by atoms with E-state index in [4.69, 9.17) is 5.73 Å². The molecule has 0 fully saturated rings. The molecule has 1 amide bonds. The van der Waals surface area contributed by atoms with E-state index >= 15 is 0 Å². The minimum absolute atomic E-state index is 0.0832. The van der Waals surface area contributed by atoms with Crippen LogP contribution < -0.4 is 11.1 Å². The van der Waals surface area contributed by atoms with Crippen LogP contribution in [-0.4, -0.2) is 16.6 Å². The van der Waals surface area contributed by atoms with Crippen LogP contribution in [0.5, 0.6) is 0 Å². The van der Waals surface area contributed by atoms with Crippen LogP contribution in [0.25, 0.3) is 11.1 Å². The van der Waals surface area contributed by atoms with Gasteiger partial charge in [0.15, 0.2) is 0 Å². The number of anilines is 2. The predicted molar refractivity (Wildman–Crippen MR) is 121 cm³/mol. The molecule has 3 N–H and O–H groups in total. The molecule has 6 nitrogen and oxygen atoms in total. The van der Waals surface area contributed by atoms with Gasteiger partial charge in [-0.3, -0.25) is 4.79 Å². The van der Waals surface area contributed by atoms with E-state index in [0.717, 1.165) is 22.4 Å². The second kappa shape index (κ2) is 9.45. The smallest absolute Gasteiger partial charge is 0.225 e. The average molecular weight is 434 g/mol. The van der Waals surface area contributed by atoms with Crippen molar-refractivity contribution in [2.45, 2.75) is 25.3 Å². The number of nitrogens with zero attached hydrogens (tertiary/aromatic N) is 3. The molecule has 1 aromatic carbocycles. The van der Waals surface area contributed by atoms with E-state index in [9.17, 15) is 15.3 Å². The summed E-state index contributed by atoms with van der Waals surface area (Å²) in [5.74, 6) is 0.387. The highest BCUT2D eigenvalue weighted by Gasteiger charge is 2.20. The first kappa shape index (κ1) is 21.4. The number of nitrogens with one attached hydrogen (secondary N) is 1. The number of nitrogens with two attached hydrogens (primary N) is 1. The van der Waals surface area contributed by atoms with E-state index in [1.807, 2.05) is 48.9 Å². The second-order valence-corrected chi connectivity index (χ2v) is 8.55. The molecule has 0 radical (unpaired) electrons. The summed E-state index contributed by atoms with van der Waals surface area (Å²) >= 11 is 2.75. The molecular weight excluding hydrogens is 414 g/mol. The normalized spacial score (nSPS) is 10.3. The zero-order valence-corrected chi connectivity index (χ0v) is 18.2. The first-order valence-corrected chi connectivity index (χ1v) is 11.0. The number of pyridine rings is 1. The quantitative estimate of drug-likeness (QED) is 0.536. The molecular formula is C22H19N5OS2. The fourth-order valence-corrected chi connectivity index (χ4v) is 4.69. The minimum atomic E-state index is -0.120. The molecule has 0 saturated carbocycles. The number of carbonyl (C=O) groups is 1. The number of carbonyl (C=O) groups excluding carboxylic acids is 1. The van der Waals surface area contributed by atoms with Crippen molar-refractivity contribution in [3.05, 3.63) is 57.3 Å². The van der Waals surface area contributed by atoms with Crippen molar-refractivity contribution >= 4 is 40.5 Å². The third-order valence-corrected chi connectivity index (χ3v) is 5.96. The van der Waals surface area contributed by atoms with Crippen molar-refractivity contribution in [3.8, 4) is 23.3 Å². The molecule has 30 heavy (non-hydrogen) atoms. The van der Waals surface area contributed by atoms with Crippen LogP contribution in [0.15, 0.2) is 40.1 Å². The number of nitrogen functional groups attached to an aromatic ring is 1. The minimum Gasteiger partial charge on any atom is -0.383 e. The SMILES string of the molecule is Cc1cc(C)cc(NC(=O)CCSc2nc(N)c(C#N)c(-c3ccsc3)c2C#N)c1. The highest BCUT2D eigenvalue weighted by Crippen LogP contribution is 2.36. The molecule has 3 rings (SSSR count). The fourth-order valence-electron chi connectivity index (χ4n) is 3.11. The molecule has 0 aliphatic rings. The lowest BCUT2D eigenvalue weighted by Gasteiger charge is -2.12. The Morgan fingerprint density at radius 1 is 1.20 bits per heavy atom. The number of hydrogen-bond donors (Lipinski definition) is 2. The molecule has 0 aliphatic heterocycles. The Hall–Kier alpha value is -3.33. The summed E-state index contributed by atoms with van der Waals surface area (Å²) in [6.45, 7) is 3.96. The second-order valence-electron chi connectivity index (χ2n) is 6.69. The third kappa shape index (κ3) is 4.80. The molecule has 0 bridgehead atoms. The Bertz CT molecular complexity index is 1150. The van der Waals surface area contributed by atoms with Crippen molar-refractivity contribution in [1.29, 1.82) is 10.5 Å². The first-order chi connectivity index (χ1) is 14.4. The molecule has 150 valence electrons. The van der Waals surface area contributed by atoms with Gasteiger partial charge in [0.1, 0.15) is 28.5 Å². The zero-order valence-electron chi connectivity index (χ0n) is 16.5. The Morgan fingerprint density at radius 2 is 1.90 bits per heavy atom. The third-order valence-electron chi connectivity index (χ3n) is 4.30. The van der Waals surface area contributed by atoms with Gasteiger partial charge in [-0.25, -0.2) is 4.98 Å². The summed E-state index contributed by atoms with van der Waals surface area (Å²) in [7, 11) is 0. The van der Waals surface area contributed by atoms with E-state index < -0.39 is 0 Å². The van der Waals surface area contributed by atoms with Crippen LogP contribution >= 0.6 is 23.1 Å². The maximum absolute atomic E-state index is 12.3. The van der Waals surface area contributed by atoms with E-state index in [0.29, 0.717) is 21.9 Å². The number of benzene rings is 1. The molecule has 2 aromatic heterocycles. The van der Waals surface area contributed by atoms with Crippen LogP contribution in [0, 0.1) is 36.5 Å². The van der Waals surface area contributed by atoms with Crippen LogP contribution in [0.2, 0.25) is 0 Å². The maximum atomic E-state index is 12.3. The summed E-state index contributed by atoms with van der Waals surface area (Å²) < 4.78 is 0. The number of nitriles is 2. The van der Waals surface area contributed by atoms with Gasteiger partial charge in [0, 0.05) is 23.4 Å². The summed E-state index contributed by atoms with van der Waals surface area (Å²) in [6, 6.07) is 11.9. The maximum Gasteiger partial charge on any atom is 0.225 e. The van der Waals surface area contributed by atoms with Crippen molar-refractivity contribution in [3.63, 3.8) is 0 Å². The van der Waals surface area contributed by atoms with E-state index in [1.165, 1.54) is 23.1 Å². The molecule has 2 heterocycles. The first-order valence-electron chi connectivity index (χ1n) is 9.10. The Balaban J connectivity index is 1.76. The Kier molecular flexibility index (Phi) is 6.73. The Labute approximate surface area is 183 Å². The van der Waals surface area contributed by atoms with E-state index in [1.54, 1.807) is 0 Å². The van der Waals surface area contributed by atoms with Gasteiger partial charge in [-0.15, -0.1) is 11.8 Å². The zero-order chi connectivity index (χ0) is 21.7. The van der Waals surface area contributed by atoms with Crippen LogP contribution in [0.1, 0.15) is 28.7 Å².